The number of hydrogen-bond donors (Lipinski definition) is 0. The fourth-order valence-corrected chi connectivity index (χ4v) is 3.95. The molecule has 0 bridgehead atoms. The maximum atomic E-state index is 14.8. The first-order valence-corrected chi connectivity index (χ1v) is 7.97. The van der Waals surface area contributed by atoms with Crippen molar-refractivity contribution in [3.63, 3.8) is 0 Å². The van der Waals surface area contributed by atoms with E-state index >= 15 is 0 Å². The van der Waals surface area contributed by atoms with Crippen LogP contribution in [0.4, 0.5) is 8.78 Å². The summed E-state index contributed by atoms with van der Waals surface area (Å²) in [5, 5.41) is 0. The molecule has 0 saturated carbocycles. The van der Waals surface area contributed by atoms with E-state index in [0.717, 1.165) is 17.4 Å². The van der Waals surface area contributed by atoms with Crippen molar-refractivity contribution in [1.29, 1.82) is 0 Å². The Morgan fingerprint density at radius 2 is 1.92 bits per heavy atom. The van der Waals surface area contributed by atoms with Crippen LogP contribution in [0.2, 0.25) is 0 Å². The molecule has 0 amide bonds. The average Bonchev–Trinajstić information content (AvgIpc) is 2.91. The Morgan fingerprint density at radius 1 is 1.17 bits per heavy atom. The van der Waals surface area contributed by atoms with Gasteiger partial charge in [-0.1, -0.05) is 26.5 Å². The van der Waals surface area contributed by atoms with E-state index < -0.39 is 22.6 Å². The van der Waals surface area contributed by atoms with Crippen LogP contribution in [0, 0.1) is 11.6 Å². The zero-order valence-electron chi connectivity index (χ0n) is 14.0. The molecule has 1 aliphatic rings. The Balaban J connectivity index is 2.26. The molecule has 0 fully saturated rings. The molecule has 122 valence electrons. The van der Waals surface area contributed by atoms with Gasteiger partial charge in [-0.15, -0.1) is 0 Å². The lowest BCUT2D eigenvalue weighted by atomic mass is 9.64. The highest BCUT2D eigenvalue weighted by Gasteiger charge is 2.53. The van der Waals surface area contributed by atoms with Crippen molar-refractivity contribution < 1.29 is 13.2 Å². The Hall–Kier alpha value is -2.49. The van der Waals surface area contributed by atoms with Gasteiger partial charge in [0.25, 0.3) is 5.65 Å². The third kappa shape index (κ3) is 1.61. The van der Waals surface area contributed by atoms with Gasteiger partial charge in [0, 0.05) is 17.5 Å². The van der Waals surface area contributed by atoms with Crippen LogP contribution in [-0.4, -0.2) is 4.57 Å². The lowest BCUT2D eigenvalue weighted by molar-refractivity contribution is -0.510. The van der Waals surface area contributed by atoms with Gasteiger partial charge < -0.3 is 0 Å². The minimum absolute atomic E-state index is 0.462. The van der Waals surface area contributed by atoms with Crippen molar-refractivity contribution in [3.8, 4) is 11.3 Å². The Morgan fingerprint density at radius 3 is 2.62 bits per heavy atom. The highest BCUT2D eigenvalue weighted by molar-refractivity contribution is 5.72. The van der Waals surface area contributed by atoms with Crippen LogP contribution in [-0.2, 0) is 11.0 Å². The minimum Gasteiger partial charge on any atom is -0.213 e. The summed E-state index contributed by atoms with van der Waals surface area (Å²) in [6, 6.07) is 8.28. The number of fused-ring (bicyclic) bond motifs is 5. The summed E-state index contributed by atoms with van der Waals surface area (Å²) in [6.07, 6.45) is 5.69. The van der Waals surface area contributed by atoms with Crippen LogP contribution in [0.1, 0.15) is 26.3 Å². The van der Waals surface area contributed by atoms with Gasteiger partial charge in [-0.05, 0) is 30.7 Å². The smallest absolute Gasteiger partial charge is 0.213 e. The lowest BCUT2D eigenvalue weighted by Crippen LogP contribution is -2.49. The number of aromatic nitrogens is 2. The molecule has 2 nitrogen and oxygen atoms in total. The molecule has 0 radical (unpaired) electrons. The second-order valence-electron chi connectivity index (χ2n) is 7.10. The molecule has 0 aliphatic carbocycles. The molecule has 0 N–H and O–H groups in total. The number of nitrogens with zero attached hydrogens (tertiary/aromatic N) is 2. The van der Waals surface area contributed by atoms with Gasteiger partial charge in [-0.3, -0.25) is 0 Å². The number of allylic oxidation sites excluding steroid dienone is 1. The molecule has 2 aromatic heterocycles. The third-order valence-corrected chi connectivity index (χ3v) is 5.71. The highest BCUT2D eigenvalue weighted by atomic mass is 19.1. The predicted molar refractivity (Wildman–Crippen MR) is 89.8 cm³/mol. The van der Waals surface area contributed by atoms with Gasteiger partial charge in [0.05, 0.1) is 11.8 Å². The molecule has 1 aromatic carbocycles. The number of halogens is 2. The molecule has 1 atom stereocenters. The summed E-state index contributed by atoms with van der Waals surface area (Å²) < 4.78 is 32.8. The Bertz CT molecular complexity index is 1000. The molecule has 0 saturated heterocycles. The van der Waals surface area contributed by atoms with Crippen molar-refractivity contribution in [3.05, 3.63) is 72.6 Å². The summed E-state index contributed by atoms with van der Waals surface area (Å²) >= 11 is 0. The standard InChI is InChI=1S/C20H19F2N2/c1-5-20(4)19(2,3)14-10-13(21)11-15(22)18(14)16-12-23-9-7-6-8-17(23)24(16)20/h5-12H,1H2,2-4H3/q+1. The first-order valence-electron chi connectivity index (χ1n) is 7.97. The summed E-state index contributed by atoms with van der Waals surface area (Å²) in [6.45, 7) is 10.1. The van der Waals surface area contributed by atoms with Gasteiger partial charge in [-0.25, -0.2) is 17.7 Å². The second kappa shape index (κ2) is 4.53. The summed E-state index contributed by atoms with van der Waals surface area (Å²) in [7, 11) is 0. The van der Waals surface area contributed by atoms with E-state index in [4.69, 9.17) is 0 Å². The minimum atomic E-state index is -0.553. The number of imidazole rings is 1. The van der Waals surface area contributed by atoms with E-state index in [1.807, 2.05) is 54.9 Å². The molecule has 3 aromatic rings. The van der Waals surface area contributed by atoms with Crippen LogP contribution in [0.5, 0.6) is 0 Å². The van der Waals surface area contributed by atoms with Crippen LogP contribution >= 0.6 is 0 Å². The summed E-state index contributed by atoms with van der Waals surface area (Å²) in [5.41, 5.74) is 1.73. The first-order chi connectivity index (χ1) is 11.3. The molecule has 4 heteroatoms. The first kappa shape index (κ1) is 15.1. The zero-order valence-corrected chi connectivity index (χ0v) is 14.0. The molecule has 1 unspecified atom stereocenters. The van der Waals surface area contributed by atoms with Gasteiger partial charge in [-0.2, -0.15) is 0 Å². The molecule has 1 aliphatic heterocycles. The van der Waals surface area contributed by atoms with Crippen molar-refractivity contribution in [2.45, 2.75) is 31.7 Å². The second-order valence-corrected chi connectivity index (χ2v) is 7.10. The average molecular weight is 325 g/mol. The Labute approximate surface area is 139 Å². The van der Waals surface area contributed by atoms with Crippen LogP contribution in [0.25, 0.3) is 16.9 Å². The van der Waals surface area contributed by atoms with Crippen LogP contribution in [0.15, 0.2) is 55.4 Å². The van der Waals surface area contributed by atoms with E-state index in [1.54, 1.807) is 0 Å². The zero-order chi connectivity index (χ0) is 17.3. The fourth-order valence-electron chi connectivity index (χ4n) is 3.95. The van der Waals surface area contributed by atoms with E-state index in [-0.39, 0.29) is 0 Å². The van der Waals surface area contributed by atoms with Crippen LogP contribution < -0.4 is 4.40 Å². The molecule has 3 heterocycles. The van der Waals surface area contributed by atoms with E-state index in [2.05, 4.69) is 18.1 Å². The SMILES string of the molecule is C=CC1(C)n2c(c[n+]3ccccc23)-c2c(F)cc(F)cc2C1(C)C. The number of pyridine rings is 1. The Kier molecular flexibility index (Phi) is 2.84. The normalized spacial score (nSPS) is 21.4. The number of rotatable bonds is 1. The largest absolute Gasteiger partial charge is 0.287 e. The van der Waals surface area contributed by atoms with Gasteiger partial charge >= 0.3 is 0 Å². The maximum absolute atomic E-state index is 14.8. The maximum Gasteiger partial charge on any atom is 0.287 e. The van der Waals surface area contributed by atoms with Crippen molar-refractivity contribution in [1.82, 2.24) is 4.57 Å². The monoisotopic (exact) mass is 325 g/mol. The summed E-state index contributed by atoms with van der Waals surface area (Å²) in [5.74, 6) is -1.09. The van der Waals surface area contributed by atoms with Gasteiger partial charge in [0.15, 0.2) is 5.69 Å². The van der Waals surface area contributed by atoms with E-state index in [0.29, 0.717) is 11.1 Å². The molecular formula is C20H19F2N2+. The molecule has 24 heavy (non-hydrogen) atoms. The summed E-state index contributed by atoms with van der Waals surface area (Å²) in [4.78, 5) is 0. The topological polar surface area (TPSA) is 9.03 Å². The van der Waals surface area contributed by atoms with Crippen molar-refractivity contribution in [2.75, 3.05) is 0 Å². The molecule has 0 spiro atoms. The van der Waals surface area contributed by atoms with E-state index in [1.165, 1.54) is 6.07 Å². The number of hydrogen-bond acceptors (Lipinski definition) is 0. The van der Waals surface area contributed by atoms with Crippen molar-refractivity contribution in [2.24, 2.45) is 0 Å². The highest BCUT2D eigenvalue weighted by Crippen LogP contribution is 2.51. The molecular weight excluding hydrogens is 306 g/mol. The predicted octanol–water partition coefficient (Wildman–Crippen LogP) is 4.36. The third-order valence-electron chi connectivity index (χ3n) is 5.71. The van der Waals surface area contributed by atoms with Gasteiger partial charge in [0.1, 0.15) is 23.4 Å². The van der Waals surface area contributed by atoms with E-state index in [9.17, 15) is 8.78 Å². The lowest BCUT2D eigenvalue weighted by Gasteiger charge is -2.44. The number of benzene rings is 1. The van der Waals surface area contributed by atoms with Gasteiger partial charge in [0.2, 0.25) is 0 Å². The van der Waals surface area contributed by atoms with Crippen molar-refractivity contribution >= 4 is 5.65 Å². The molecule has 4 rings (SSSR count). The van der Waals surface area contributed by atoms with Crippen LogP contribution in [0.3, 0.4) is 0 Å². The quantitative estimate of drug-likeness (QED) is 0.464. The fraction of sp³-hybridized carbons (Fsp3) is 0.250.